The molecule has 0 bridgehead atoms. The number of aryl methyl sites for hydroxylation is 2. The summed E-state index contributed by atoms with van der Waals surface area (Å²) in [5.41, 5.74) is 6.64. The van der Waals surface area contributed by atoms with E-state index in [1.54, 1.807) is 6.07 Å². The number of pyridine rings is 1. The Morgan fingerprint density at radius 2 is 1.83 bits per heavy atom. The average Bonchev–Trinajstić information content (AvgIpc) is 3.35. The Morgan fingerprint density at radius 3 is 2.49 bits per heavy atom. The first-order valence-electron chi connectivity index (χ1n) is 14.7. The number of hydrogen-bond donors (Lipinski definition) is 1. The van der Waals surface area contributed by atoms with Gasteiger partial charge >= 0.3 is 5.97 Å². The van der Waals surface area contributed by atoms with Crippen molar-refractivity contribution in [2.45, 2.75) is 71.8 Å². The maximum absolute atomic E-state index is 13.7. The van der Waals surface area contributed by atoms with Gasteiger partial charge in [0.15, 0.2) is 0 Å². The minimum atomic E-state index is -0.779. The van der Waals surface area contributed by atoms with E-state index in [0.29, 0.717) is 32.0 Å². The van der Waals surface area contributed by atoms with Crippen molar-refractivity contribution in [2.75, 3.05) is 26.7 Å². The van der Waals surface area contributed by atoms with Gasteiger partial charge in [-0.2, -0.15) is 0 Å². The second kappa shape index (κ2) is 14.1. The topological polar surface area (TPSA) is 63.6 Å². The molecule has 7 heteroatoms. The van der Waals surface area contributed by atoms with Crippen LogP contribution in [-0.4, -0.2) is 48.4 Å². The smallest absolute Gasteiger partial charge is 0.307 e. The average molecular weight is 562 g/mol. The van der Waals surface area contributed by atoms with Gasteiger partial charge in [-0.1, -0.05) is 56.3 Å². The molecule has 0 unspecified atom stereocenters. The highest BCUT2D eigenvalue weighted by Crippen LogP contribution is 2.30. The Morgan fingerprint density at radius 1 is 1.10 bits per heavy atom. The fourth-order valence-corrected chi connectivity index (χ4v) is 5.97. The molecule has 0 spiro atoms. The Balaban J connectivity index is 1.60. The van der Waals surface area contributed by atoms with E-state index in [0.717, 1.165) is 29.7 Å². The summed E-state index contributed by atoms with van der Waals surface area (Å²) in [4.78, 5) is 27.7. The molecule has 220 valence electrons. The third-order valence-corrected chi connectivity index (χ3v) is 8.01. The number of halogens is 1. The first-order chi connectivity index (χ1) is 19.6. The molecule has 41 heavy (non-hydrogen) atoms. The largest absolute Gasteiger partial charge is 0.469 e. The van der Waals surface area contributed by atoms with Crippen LogP contribution in [0.3, 0.4) is 0 Å². The quantitative estimate of drug-likeness (QED) is 0.269. The predicted molar refractivity (Wildman–Crippen MR) is 163 cm³/mol. The lowest BCUT2D eigenvalue weighted by Crippen LogP contribution is -2.35. The van der Waals surface area contributed by atoms with Crippen LogP contribution >= 0.6 is 0 Å². The van der Waals surface area contributed by atoms with Gasteiger partial charge in [-0.15, -0.1) is 0 Å². The molecule has 0 aliphatic carbocycles. The van der Waals surface area contributed by atoms with E-state index >= 15 is 0 Å². The highest BCUT2D eigenvalue weighted by atomic mass is 19.1. The molecule has 1 aromatic heterocycles. The fraction of sp³-hybridized carbons (Fsp3) is 0.471. The Labute approximate surface area is 243 Å². The van der Waals surface area contributed by atoms with Crippen LogP contribution < -0.4 is 10.9 Å². The summed E-state index contributed by atoms with van der Waals surface area (Å²) in [5.74, 6) is 0.0611. The van der Waals surface area contributed by atoms with Crippen LogP contribution in [0.2, 0.25) is 0 Å². The van der Waals surface area contributed by atoms with Crippen molar-refractivity contribution >= 4 is 5.97 Å². The van der Waals surface area contributed by atoms with Gasteiger partial charge in [-0.3, -0.25) is 14.5 Å². The molecule has 0 saturated carbocycles. The molecule has 0 radical (unpaired) electrons. The van der Waals surface area contributed by atoms with Gasteiger partial charge in [0.05, 0.1) is 13.5 Å². The summed E-state index contributed by atoms with van der Waals surface area (Å²) in [6, 6.07) is 17.7. The van der Waals surface area contributed by atoms with Crippen molar-refractivity contribution in [3.05, 3.63) is 93.4 Å². The third kappa shape index (κ3) is 8.14. The minimum absolute atomic E-state index is 0.0625. The van der Waals surface area contributed by atoms with E-state index in [1.165, 1.54) is 23.8 Å². The summed E-state index contributed by atoms with van der Waals surface area (Å²) in [6.45, 7) is 10.8. The lowest BCUT2D eigenvalue weighted by molar-refractivity contribution is -0.141. The van der Waals surface area contributed by atoms with Crippen LogP contribution in [0.4, 0.5) is 4.39 Å². The van der Waals surface area contributed by atoms with Crippen LogP contribution in [0, 0.1) is 19.8 Å². The predicted octanol–water partition coefficient (Wildman–Crippen LogP) is 6.16. The second-order valence-corrected chi connectivity index (χ2v) is 11.8. The molecule has 1 saturated heterocycles. The van der Waals surface area contributed by atoms with Gasteiger partial charge in [-0.25, -0.2) is 4.39 Å². The fourth-order valence-electron chi connectivity index (χ4n) is 5.97. The minimum Gasteiger partial charge on any atom is -0.469 e. The van der Waals surface area contributed by atoms with E-state index in [9.17, 15) is 14.0 Å². The lowest BCUT2D eigenvalue weighted by Gasteiger charge is -2.27. The summed E-state index contributed by atoms with van der Waals surface area (Å²) in [7, 11) is 1.41. The van der Waals surface area contributed by atoms with Crippen LogP contribution in [0.15, 0.2) is 65.6 Å². The van der Waals surface area contributed by atoms with Crippen molar-refractivity contribution in [2.24, 2.45) is 5.92 Å². The Bertz CT molecular complexity index is 1370. The van der Waals surface area contributed by atoms with Gasteiger partial charge in [-0.05, 0) is 72.1 Å². The standard InChI is InChI=1S/C34H44FN3O3/c1-23(2)16-30(38-21-26(12-13-32(38)39)20-37-15-14-29(35)22-37)19-36-31(18-33(40)41-5)27-10-7-11-28(17-27)34-24(3)8-6-9-25(34)4/h6-13,17,21,23,29-31,36H,14-16,18-20,22H2,1-5H3/t29-,30+,31+/m1/s1. The number of alkyl halides is 1. The van der Waals surface area contributed by atoms with Crippen LogP contribution in [0.25, 0.3) is 11.1 Å². The van der Waals surface area contributed by atoms with Gasteiger partial charge in [0.1, 0.15) is 6.17 Å². The van der Waals surface area contributed by atoms with Crippen molar-refractivity contribution < 1.29 is 13.9 Å². The van der Waals surface area contributed by atoms with Crippen molar-refractivity contribution in [1.82, 2.24) is 14.8 Å². The molecule has 6 nitrogen and oxygen atoms in total. The number of nitrogens with zero attached hydrogens (tertiary/aromatic N) is 2. The number of carbonyl (C=O) groups excluding carboxylic acids is 1. The molecule has 1 N–H and O–H groups in total. The van der Waals surface area contributed by atoms with Gasteiger partial charge in [0.25, 0.3) is 5.56 Å². The number of carbonyl (C=O) groups is 1. The zero-order valence-corrected chi connectivity index (χ0v) is 25.0. The van der Waals surface area contributed by atoms with Gasteiger partial charge in [0, 0.05) is 50.5 Å². The number of methoxy groups -OCH3 is 1. The zero-order chi connectivity index (χ0) is 29.5. The number of hydrogen-bond acceptors (Lipinski definition) is 5. The summed E-state index contributed by atoms with van der Waals surface area (Å²) < 4.78 is 20.6. The first-order valence-corrected chi connectivity index (χ1v) is 14.7. The van der Waals surface area contributed by atoms with E-state index < -0.39 is 6.17 Å². The molecule has 1 aliphatic heterocycles. The maximum Gasteiger partial charge on any atom is 0.307 e. The van der Waals surface area contributed by atoms with E-state index in [1.807, 2.05) is 29.0 Å². The van der Waals surface area contributed by atoms with Crippen LogP contribution in [0.5, 0.6) is 0 Å². The monoisotopic (exact) mass is 561 g/mol. The van der Waals surface area contributed by atoms with Gasteiger partial charge in [0.2, 0.25) is 0 Å². The number of esters is 1. The van der Waals surface area contributed by atoms with Crippen LogP contribution in [0.1, 0.15) is 67.4 Å². The number of nitrogens with one attached hydrogen (secondary N) is 1. The van der Waals surface area contributed by atoms with E-state index in [-0.39, 0.29) is 30.0 Å². The molecule has 3 atom stereocenters. The molecular formula is C34H44FN3O3. The summed E-state index contributed by atoms with van der Waals surface area (Å²) in [5, 5.41) is 3.62. The van der Waals surface area contributed by atoms with E-state index in [4.69, 9.17) is 4.74 Å². The molecule has 1 aliphatic rings. The normalized spacial score (nSPS) is 17.1. The highest BCUT2D eigenvalue weighted by Gasteiger charge is 2.24. The maximum atomic E-state index is 13.7. The van der Waals surface area contributed by atoms with Crippen molar-refractivity contribution in [3.8, 4) is 11.1 Å². The van der Waals surface area contributed by atoms with Gasteiger partial charge < -0.3 is 14.6 Å². The number of likely N-dealkylation sites (tertiary alicyclic amines) is 1. The number of rotatable bonds is 12. The number of ether oxygens (including phenoxy) is 1. The molecule has 4 rings (SSSR count). The van der Waals surface area contributed by atoms with Crippen molar-refractivity contribution in [3.63, 3.8) is 0 Å². The van der Waals surface area contributed by atoms with Crippen molar-refractivity contribution in [1.29, 1.82) is 0 Å². The Hall–Kier alpha value is -3.29. The molecule has 3 aromatic rings. The number of benzene rings is 2. The summed E-state index contributed by atoms with van der Waals surface area (Å²) >= 11 is 0. The number of aromatic nitrogens is 1. The molecular weight excluding hydrogens is 517 g/mol. The lowest BCUT2D eigenvalue weighted by atomic mass is 9.92. The third-order valence-electron chi connectivity index (χ3n) is 8.01. The zero-order valence-electron chi connectivity index (χ0n) is 25.0. The molecule has 2 heterocycles. The molecule has 2 aromatic carbocycles. The first kappa shape index (κ1) is 30.7. The van der Waals surface area contributed by atoms with E-state index in [2.05, 4.69) is 68.2 Å². The molecule has 1 fully saturated rings. The van der Waals surface area contributed by atoms with Crippen LogP contribution in [-0.2, 0) is 16.1 Å². The second-order valence-electron chi connectivity index (χ2n) is 11.8. The SMILES string of the molecule is COC(=O)C[C@H](NC[C@H](CC(C)C)n1cc(CN2CC[C@@H](F)C2)ccc1=O)c1cccc(-c2c(C)cccc2C)c1. The molecule has 0 amide bonds. The highest BCUT2D eigenvalue weighted by molar-refractivity contribution is 5.73. The Kier molecular flexibility index (Phi) is 10.5. The summed E-state index contributed by atoms with van der Waals surface area (Å²) in [6.07, 6.45) is 2.68.